The molecule has 0 bridgehead atoms. The van der Waals surface area contributed by atoms with Gasteiger partial charge in [0.05, 0.1) is 6.04 Å². The van der Waals surface area contributed by atoms with Crippen LogP contribution in [-0.2, 0) is 22.6 Å². The van der Waals surface area contributed by atoms with Gasteiger partial charge in [-0.3, -0.25) is 9.59 Å². The van der Waals surface area contributed by atoms with E-state index in [4.69, 9.17) is 4.74 Å². The Bertz CT molecular complexity index is 1130. The monoisotopic (exact) mass is 456 g/mol. The SMILES string of the molecule is CC[C@H](Oc1ccc2c(c1)[C@H](c1ccccc1)N(C(C)=O)CC2)C(=O)N(C)Cc1ccccc1. The smallest absolute Gasteiger partial charge is 0.263 e. The zero-order chi connectivity index (χ0) is 24.1. The number of likely N-dealkylation sites (N-methyl/N-ethyl adjacent to an activating group) is 1. The van der Waals surface area contributed by atoms with Crippen LogP contribution in [0.5, 0.6) is 5.75 Å². The third kappa shape index (κ3) is 5.14. The number of rotatable bonds is 7. The van der Waals surface area contributed by atoms with E-state index in [-0.39, 0.29) is 17.9 Å². The summed E-state index contributed by atoms with van der Waals surface area (Å²) in [5.74, 6) is 0.655. The molecule has 0 N–H and O–H groups in total. The molecule has 1 aliphatic heterocycles. The molecular formula is C29H32N2O3. The maximum atomic E-state index is 13.1. The molecule has 3 aromatic carbocycles. The van der Waals surface area contributed by atoms with Crippen molar-refractivity contribution >= 4 is 11.8 Å². The maximum Gasteiger partial charge on any atom is 0.263 e. The lowest BCUT2D eigenvalue weighted by atomic mass is 9.88. The molecule has 2 atom stereocenters. The normalized spacial score (nSPS) is 15.9. The number of nitrogens with zero attached hydrogens (tertiary/aromatic N) is 2. The lowest BCUT2D eigenvalue weighted by molar-refractivity contribution is -0.138. The van der Waals surface area contributed by atoms with Crippen molar-refractivity contribution in [3.8, 4) is 5.75 Å². The molecule has 34 heavy (non-hydrogen) atoms. The van der Waals surface area contributed by atoms with E-state index in [9.17, 15) is 9.59 Å². The highest BCUT2D eigenvalue weighted by molar-refractivity contribution is 5.81. The molecule has 0 radical (unpaired) electrons. The number of ether oxygens (including phenoxy) is 1. The second kappa shape index (κ2) is 10.6. The molecule has 0 aromatic heterocycles. The van der Waals surface area contributed by atoms with Crippen LogP contribution in [0.2, 0.25) is 0 Å². The van der Waals surface area contributed by atoms with Crippen LogP contribution in [0.1, 0.15) is 48.6 Å². The molecule has 1 aliphatic rings. The molecule has 5 heteroatoms. The van der Waals surface area contributed by atoms with Crippen molar-refractivity contribution in [1.29, 1.82) is 0 Å². The first-order valence-corrected chi connectivity index (χ1v) is 11.9. The van der Waals surface area contributed by atoms with Gasteiger partial charge in [-0.25, -0.2) is 0 Å². The molecule has 1 heterocycles. The molecule has 0 fully saturated rings. The van der Waals surface area contributed by atoms with E-state index >= 15 is 0 Å². The van der Waals surface area contributed by atoms with Gasteiger partial charge in [0.2, 0.25) is 5.91 Å². The summed E-state index contributed by atoms with van der Waals surface area (Å²) in [5.41, 5.74) is 4.42. The molecule has 0 saturated heterocycles. The van der Waals surface area contributed by atoms with Crippen molar-refractivity contribution < 1.29 is 14.3 Å². The molecule has 0 spiro atoms. The van der Waals surface area contributed by atoms with Crippen LogP contribution >= 0.6 is 0 Å². The summed E-state index contributed by atoms with van der Waals surface area (Å²) in [7, 11) is 1.81. The van der Waals surface area contributed by atoms with Crippen molar-refractivity contribution in [2.45, 2.75) is 45.4 Å². The van der Waals surface area contributed by atoms with Crippen LogP contribution in [0.3, 0.4) is 0 Å². The van der Waals surface area contributed by atoms with Crippen molar-refractivity contribution in [3.05, 3.63) is 101 Å². The average Bonchev–Trinajstić information content (AvgIpc) is 2.87. The average molecular weight is 457 g/mol. The summed E-state index contributed by atoms with van der Waals surface area (Å²) in [4.78, 5) is 29.2. The van der Waals surface area contributed by atoms with Crippen molar-refractivity contribution in [2.75, 3.05) is 13.6 Å². The fourth-order valence-electron chi connectivity index (χ4n) is 4.65. The van der Waals surface area contributed by atoms with Crippen molar-refractivity contribution in [1.82, 2.24) is 9.80 Å². The van der Waals surface area contributed by atoms with Crippen LogP contribution in [0, 0.1) is 0 Å². The Morgan fingerprint density at radius 2 is 1.71 bits per heavy atom. The van der Waals surface area contributed by atoms with E-state index in [2.05, 4.69) is 18.2 Å². The second-order valence-electron chi connectivity index (χ2n) is 8.83. The second-order valence-corrected chi connectivity index (χ2v) is 8.83. The topological polar surface area (TPSA) is 49.9 Å². The van der Waals surface area contributed by atoms with Crippen LogP contribution in [0.15, 0.2) is 78.9 Å². The van der Waals surface area contributed by atoms with E-state index in [0.29, 0.717) is 25.3 Å². The van der Waals surface area contributed by atoms with E-state index in [1.54, 1.807) is 11.8 Å². The Balaban J connectivity index is 1.58. The fourth-order valence-corrected chi connectivity index (χ4v) is 4.65. The van der Waals surface area contributed by atoms with Crippen LogP contribution in [0.25, 0.3) is 0 Å². The summed E-state index contributed by atoms with van der Waals surface area (Å²) < 4.78 is 6.24. The first kappa shape index (κ1) is 23.6. The Morgan fingerprint density at radius 1 is 1.03 bits per heavy atom. The largest absolute Gasteiger partial charge is 0.481 e. The minimum absolute atomic E-state index is 0.0472. The van der Waals surface area contributed by atoms with E-state index in [1.165, 1.54) is 5.56 Å². The highest BCUT2D eigenvalue weighted by Crippen LogP contribution is 2.37. The first-order chi connectivity index (χ1) is 16.5. The number of hydrogen-bond acceptors (Lipinski definition) is 3. The quantitative estimate of drug-likeness (QED) is 0.503. The minimum Gasteiger partial charge on any atom is -0.481 e. The van der Waals surface area contributed by atoms with Gasteiger partial charge in [0.1, 0.15) is 5.75 Å². The maximum absolute atomic E-state index is 13.1. The number of amides is 2. The fraction of sp³-hybridized carbons (Fsp3) is 0.310. The van der Waals surface area contributed by atoms with E-state index < -0.39 is 6.10 Å². The van der Waals surface area contributed by atoms with Crippen LogP contribution in [-0.4, -0.2) is 41.3 Å². The molecule has 2 amide bonds. The number of carbonyl (C=O) groups excluding carboxylic acids is 2. The Labute approximate surface area is 202 Å². The third-order valence-electron chi connectivity index (χ3n) is 6.43. The van der Waals surface area contributed by atoms with E-state index in [1.807, 2.05) is 79.5 Å². The third-order valence-corrected chi connectivity index (χ3v) is 6.43. The minimum atomic E-state index is -0.575. The highest BCUT2D eigenvalue weighted by atomic mass is 16.5. The van der Waals surface area contributed by atoms with Gasteiger partial charge in [-0.1, -0.05) is 73.7 Å². The van der Waals surface area contributed by atoms with Crippen LogP contribution in [0.4, 0.5) is 0 Å². The molecule has 176 valence electrons. The molecule has 0 aliphatic carbocycles. The first-order valence-electron chi connectivity index (χ1n) is 11.9. The van der Waals surface area contributed by atoms with Gasteiger partial charge in [-0.05, 0) is 47.2 Å². The Morgan fingerprint density at radius 3 is 2.35 bits per heavy atom. The molecule has 0 unspecified atom stereocenters. The van der Waals surface area contributed by atoms with Gasteiger partial charge in [0.15, 0.2) is 6.10 Å². The molecular weight excluding hydrogens is 424 g/mol. The van der Waals surface area contributed by atoms with Crippen molar-refractivity contribution in [3.63, 3.8) is 0 Å². The lowest BCUT2D eigenvalue weighted by Gasteiger charge is -2.37. The van der Waals surface area contributed by atoms with Gasteiger partial charge in [0.25, 0.3) is 5.91 Å². The lowest BCUT2D eigenvalue weighted by Crippen LogP contribution is -2.40. The number of benzene rings is 3. The number of hydrogen-bond donors (Lipinski definition) is 0. The Hall–Kier alpha value is -3.60. The summed E-state index contributed by atoms with van der Waals surface area (Å²) in [6.07, 6.45) is 0.792. The molecule has 5 nitrogen and oxygen atoms in total. The van der Waals surface area contributed by atoms with Gasteiger partial charge in [-0.2, -0.15) is 0 Å². The zero-order valence-corrected chi connectivity index (χ0v) is 20.1. The van der Waals surface area contributed by atoms with E-state index in [0.717, 1.165) is 23.1 Å². The summed E-state index contributed by atoms with van der Waals surface area (Å²) in [6, 6.07) is 25.9. The Kier molecular flexibility index (Phi) is 7.31. The predicted molar refractivity (Wildman–Crippen MR) is 133 cm³/mol. The molecule has 3 aromatic rings. The number of carbonyl (C=O) groups is 2. The summed E-state index contributed by atoms with van der Waals surface area (Å²) in [6.45, 7) is 4.80. The number of fused-ring (bicyclic) bond motifs is 1. The van der Waals surface area contributed by atoms with Gasteiger partial charge >= 0.3 is 0 Å². The summed E-state index contributed by atoms with van der Waals surface area (Å²) in [5, 5.41) is 0. The van der Waals surface area contributed by atoms with Crippen LogP contribution < -0.4 is 4.74 Å². The van der Waals surface area contributed by atoms with Gasteiger partial charge in [0, 0.05) is 27.1 Å². The summed E-state index contributed by atoms with van der Waals surface area (Å²) >= 11 is 0. The van der Waals surface area contributed by atoms with Gasteiger partial charge in [-0.15, -0.1) is 0 Å². The molecule has 4 rings (SSSR count). The van der Waals surface area contributed by atoms with Crippen molar-refractivity contribution in [2.24, 2.45) is 0 Å². The van der Waals surface area contributed by atoms with Gasteiger partial charge < -0.3 is 14.5 Å². The standard InChI is InChI=1S/C29H32N2O3/c1-4-27(29(33)30(3)20-22-11-7-5-8-12-22)34-25-16-15-23-17-18-31(21(2)32)28(26(23)19-25)24-13-9-6-10-14-24/h5-16,19,27-28H,4,17-18,20H2,1-3H3/t27-,28-/m0/s1. The molecule has 0 saturated carbocycles. The predicted octanol–water partition coefficient (Wildman–Crippen LogP) is 5.00. The highest BCUT2D eigenvalue weighted by Gasteiger charge is 2.31. The zero-order valence-electron chi connectivity index (χ0n) is 20.1.